The number of nitrogens with one attached hydrogen (secondary N) is 3. The number of hydrogen-bond donors (Lipinski definition) is 3. The molecule has 0 saturated carbocycles. The Balaban J connectivity index is 1.39. The number of imidazole rings is 1. The second kappa shape index (κ2) is 8.84. The summed E-state index contributed by atoms with van der Waals surface area (Å²) in [5.74, 6) is 0.136. The summed E-state index contributed by atoms with van der Waals surface area (Å²) < 4.78 is 13.5. The molecule has 0 aliphatic rings. The van der Waals surface area contributed by atoms with Crippen molar-refractivity contribution in [1.29, 1.82) is 0 Å². The lowest BCUT2D eigenvalue weighted by Crippen LogP contribution is -2.27. The number of pyridine rings is 3. The van der Waals surface area contributed by atoms with Crippen molar-refractivity contribution < 1.29 is 9.18 Å². The number of nitrogens with zero attached hydrogens (tertiary/aromatic N) is 5. The molecule has 0 bridgehead atoms. The normalized spacial score (nSPS) is 11.8. The summed E-state index contributed by atoms with van der Waals surface area (Å²) >= 11 is 0. The highest BCUT2D eigenvalue weighted by molar-refractivity contribution is 5.97. The van der Waals surface area contributed by atoms with E-state index in [1.165, 1.54) is 12.1 Å². The molecule has 0 aliphatic carbocycles. The minimum atomic E-state index is -0.531. The highest BCUT2D eigenvalue weighted by Crippen LogP contribution is 2.32. The Morgan fingerprint density at radius 3 is 2.58 bits per heavy atom. The van der Waals surface area contributed by atoms with Crippen LogP contribution in [-0.4, -0.2) is 41.0 Å². The molecular weight excluding hydrogens is 483 g/mol. The lowest BCUT2D eigenvalue weighted by Gasteiger charge is -2.17. The molecule has 6 aromatic rings. The van der Waals surface area contributed by atoms with Crippen LogP contribution in [0.4, 0.5) is 10.1 Å². The zero-order chi connectivity index (χ0) is 26.4. The van der Waals surface area contributed by atoms with Gasteiger partial charge in [0.15, 0.2) is 11.5 Å². The van der Waals surface area contributed by atoms with E-state index >= 15 is 0 Å². The summed E-state index contributed by atoms with van der Waals surface area (Å²) in [5.41, 5.74) is 5.74. The highest BCUT2D eigenvalue weighted by Gasteiger charge is 2.22. The van der Waals surface area contributed by atoms with Gasteiger partial charge >= 0.3 is 0 Å². The van der Waals surface area contributed by atoms with Crippen LogP contribution in [0.5, 0.6) is 0 Å². The van der Waals surface area contributed by atoms with E-state index in [2.05, 4.69) is 35.5 Å². The summed E-state index contributed by atoms with van der Waals surface area (Å²) in [4.78, 5) is 33.8. The molecule has 10 heteroatoms. The number of fused-ring (bicyclic) bond motifs is 2. The van der Waals surface area contributed by atoms with E-state index in [1.807, 2.05) is 39.0 Å². The summed E-state index contributed by atoms with van der Waals surface area (Å²) in [6, 6.07) is 11.9. The molecule has 5 heterocycles. The molecular formula is C28H23FN8O. The van der Waals surface area contributed by atoms with Crippen LogP contribution in [-0.2, 0) is 4.79 Å². The van der Waals surface area contributed by atoms with E-state index in [9.17, 15) is 9.18 Å². The standard InChI is InChI=1S/C28H23FN8O/c1-28(2,3)27(38)33-18-10-16(12-30-13-18)21-11-20-22(14-32-21)36-37-24(20)26-34-23-19(8-9-31-25(23)35-26)15-4-6-17(29)7-5-15/h4-14H,1-3H3,(H,33,38)(H,36,37)(H,31,34,35). The van der Waals surface area contributed by atoms with E-state index in [1.54, 1.807) is 36.9 Å². The summed E-state index contributed by atoms with van der Waals surface area (Å²) in [6.07, 6.45) is 6.69. The van der Waals surface area contributed by atoms with Gasteiger partial charge in [-0.2, -0.15) is 5.10 Å². The van der Waals surface area contributed by atoms with Crippen LogP contribution < -0.4 is 5.32 Å². The summed E-state index contributed by atoms with van der Waals surface area (Å²) in [6.45, 7) is 5.56. The van der Waals surface area contributed by atoms with Crippen LogP contribution in [0.15, 0.2) is 67.3 Å². The number of carbonyl (C=O) groups excluding carboxylic acids is 1. The summed E-state index contributed by atoms with van der Waals surface area (Å²) in [7, 11) is 0. The zero-order valence-electron chi connectivity index (χ0n) is 20.9. The molecule has 3 N–H and O–H groups in total. The number of benzene rings is 1. The summed E-state index contributed by atoms with van der Waals surface area (Å²) in [5, 5.41) is 11.2. The lowest BCUT2D eigenvalue weighted by atomic mass is 9.95. The number of rotatable bonds is 4. The van der Waals surface area contributed by atoms with Gasteiger partial charge in [-0.25, -0.2) is 14.4 Å². The Morgan fingerprint density at radius 1 is 0.974 bits per heavy atom. The van der Waals surface area contributed by atoms with Crippen molar-refractivity contribution >= 4 is 33.7 Å². The molecule has 6 rings (SSSR count). The maximum atomic E-state index is 13.5. The van der Waals surface area contributed by atoms with E-state index in [0.29, 0.717) is 34.1 Å². The van der Waals surface area contributed by atoms with Gasteiger partial charge in [-0.05, 0) is 35.9 Å². The first kappa shape index (κ1) is 23.4. The predicted molar refractivity (Wildman–Crippen MR) is 143 cm³/mol. The topological polar surface area (TPSA) is 125 Å². The van der Waals surface area contributed by atoms with Crippen molar-refractivity contribution in [2.75, 3.05) is 5.32 Å². The third kappa shape index (κ3) is 4.26. The Labute approximate surface area is 216 Å². The second-order valence-corrected chi connectivity index (χ2v) is 10.0. The molecule has 1 aromatic carbocycles. The van der Waals surface area contributed by atoms with Crippen molar-refractivity contribution in [2.24, 2.45) is 5.41 Å². The predicted octanol–water partition coefficient (Wildman–Crippen LogP) is 5.75. The fourth-order valence-electron chi connectivity index (χ4n) is 4.11. The number of aromatic nitrogens is 7. The Morgan fingerprint density at radius 2 is 1.79 bits per heavy atom. The van der Waals surface area contributed by atoms with E-state index in [0.717, 1.165) is 27.6 Å². The molecule has 0 fully saturated rings. The molecule has 38 heavy (non-hydrogen) atoms. The molecule has 0 aliphatic heterocycles. The second-order valence-electron chi connectivity index (χ2n) is 10.0. The Hall–Kier alpha value is -4.99. The van der Waals surface area contributed by atoms with Crippen molar-refractivity contribution in [3.05, 3.63) is 73.1 Å². The first-order valence-electron chi connectivity index (χ1n) is 12.0. The third-order valence-corrected chi connectivity index (χ3v) is 6.18. The molecule has 0 spiro atoms. The van der Waals surface area contributed by atoms with Crippen LogP contribution in [0.25, 0.3) is 56.0 Å². The minimum Gasteiger partial charge on any atom is -0.324 e. The first-order valence-corrected chi connectivity index (χ1v) is 12.0. The van der Waals surface area contributed by atoms with E-state index in [-0.39, 0.29) is 11.7 Å². The van der Waals surface area contributed by atoms with Crippen LogP contribution in [0.1, 0.15) is 20.8 Å². The van der Waals surface area contributed by atoms with Crippen LogP contribution in [0.2, 0.25) is 0 Å². The molecule has 9 nitrogen and oxygen atoms in total. The number of halogens is 1. The van der Waals surface area contributed by atoms with E-state index < -0.39 is 5.41 Å². The van der Waals surface area contributed by atoms with Gasteiger partial charge in [0.05, 0.1) is 29.3 Å². The average molecular weight is 507 g/mol. The van der Waals surface area contributed by atoms with Crippen LogP contribution in [0.3, 0.4) is 0 Å². The average Bonchev–Trinajstić information content (AvgIpc) is 3.52. The SMILES string of the molecule is CC(C)(C)C(=O)Nc1cncc(-c2cc3c(-c4nc5c(-c6ccc(F)cc6)ccnc5[nH]4)n[nH]c3cn2)c1. The lowest BCUT2D eigenvalue weighted by molar-refractivity contribution is -0.123. The zero-order valence-corrected chi connectivity index (χ0v) is 20.9. The monoisotopic (exact) mass is 506 g/mol. The third-order valence-electron chi connectivity index (χ3n) is 6.18. The van der Waals surface area contributed by atoms with Crippen LogP contribution in [0, 0.1) is 11.2 Å². The molecule has 0 atom stereocenters. The maximum absolute atomic E-state index is 13.5. The van der Waals surface area contributed by atoms with E-state index in [4.69, 9.17) is 4.98 Å². The fraction of sp³-hybridized carbons (Fsp3) is 0.143. The quantitative estimate of drug-likeness (QED) is 0.280. The van der Waals surface area contributed by atoms with Crippen molar-refractivity contribution in [3.8, 4) is 33.9 Å². The molecule has 0 unspecified atom stereocenters. The molecule has 0 radical (unpaired) electrons. The molecule has 5 aromatic heterocycles. The van der Waals surface area contributed by atoms with Gasteiger partial charge in [0.25, 0.3) is 0 Å². The van der Waals surface area contributed by atoms with Gasteiger partial charge in [0.2, 0.25) is 5.91 Å². The number of aromatic amines is 2. The first-order chi connectivity index (χ1) is 18.3. The number of hydrogen-bond acceptors (Lipinski definition) is 6. The van der Waals surface area contributed by atoms with Gasteiger partial charge in [-0.1, -0.05) is 32.9 Å². The molecule has 1 amide bonds. The Kier molecular flexibility index (Phi) is 5.45. The van der Waals surface area contributed by atoms with Crippen molar-refractivity contribution in [2.45, 2.75) is 20.8 Å². The van der Waals surface area contributed by atoms with Crippen molar-refractivity contribution in [1.82, 2.24) is 35.1 Å². The number of anilines is 1. The van der Waals surface area contributed by atoms with Gasteiger partial charge in [-0.3, -0.25) is 19.9 Å². The largest absolute Gasteiger partial charge is 0.324 e. The van der Waals surface area contributed by atoms with Gasteiger partial charge in [0, 0.05) is 34.3 Å². The highest BCUT2D eigenvalue weighted by atomic mass is 19.1. The Bertz CT molecular complexity index is 1820. The van der Waals surface area contributed by atoms with Gasteiger partial charge in [0.1, 0.15) is 17.0 Å². The molecule has 188 valence electrons. The number of carbonyl (C=O) groups is 1. The van der Waals surface area contributed by atoms with Crippen molar-refractivity contribution in [3.63, 3.8) is 0 Å². The fourth-order valence-corrected chi connectivity index (χ4v) is 4.11. The van der Waals surface area contributed by atoms with Gasteiger partial charge in [-0.15, -0.1) is 0 Å². The molecule has 0 saturated heterocycles. The smallest absolute Gasteiger partial charge is 0.229 e. The number of H-pyrrole nitrogens is 2. The van der Waals surface area contributed by atoms with Gasteiger partial charge < -0.3 is 10.3 Å². The maximum Gasteiger partial charge on any atom is 0.229 e. The number of amides is 1. The van der Waals surface area contributed by atoms with Crippen LogP contribution >= 0.6 is 0 Å². The minimum absolute atomic E-state index is 0.101.